The third-order valence-corrected chi connectivity index (χ3v) is 5.76. The fourth-order valence-corrected chi connectivity index (χ4v) is 4.18. The Kier molecular flexibility index (Phi) is 9.87. The Hall–Kier alpha value is -4.68. The van der Waals surface area contributed by atoms with Crippen LogP contribution in [-0.2, 0) is 14.2 Å². The first kappa shape index (κ1) is 30.9. The summed E-state index contributed by atoms with van der Waals surface area (Å²) < 4.78 is 47.0. The monoisotopic (exact) mass is 575 g/mol. The van der Waals surface area contributed by atoms with E-state index in [-0.39, 0.29) is 35.1 Å². The van der Waals surface area contributed by atoms with E-state index < -0.39 is 47.0 Å². The molecule has 1 aliphatic rings. The Balaban J connectivity index is 1.87. The molecule has 2 unspecified atom stereocenters. The lowest BCUT2D eigenvalue weighted by atomic mass is 9.89. The fraction of sp³-hybridized carbons (Fsp3) is 0.357. The SMILES string of the molecule is CC1=C(OC(=O)OCC(NC(=O)OC(C)(C)C)c2ccccc2)C(c2ccccc2OC(F)F)C([N+](=O)[O-])=C(C)N1. The minimum absolute atomic E-state index is 0.0174. The van der Waals surface area contributed by atoms with Crippen molar-refractivity contribution in [2.75, 3.05) is 6.61 Å². The number of carbonyl (C=O) groups excluding carboxylic acids is 2. The number of alkyl halides is 2. The summed E-state index contributed by atoms with van der Waals surface area (Å²) >= 11 is 0. The van der Waals surface area contributed by atoms with E-state index in [1.54, 1.807) is 51.1 Å². The molecule has 0 fully saturated rings. The van der Waals surface area contributed by atoms with Gasteiger partial charge in [0.2, 0.25) is 0 Å². The number of allylic oxidation sites excluding steroid dienone is 2. The van der Waals surface area contributed by atoms with Gasteiger partial charge in [0.1, 0.15) is 29.6 Å². The van der Waals surface area contributed by atoms with E-state index in [1.165, 1.54) is 38.1 Å². The highest BCUT2D eigenvalue weighted by Gasteiger charge is 2.41. The standard InChI is InChI=1S/C28H31F2N3O8/c1-16-23(33(36)37)22(19-13-9-10-14-21(19)39-25(29)30)24(17(2)31-16)40-27(35)38-15-20(18-11-7-6-8-12-18)32-26(34)41-28(3,4)5/h6-14,20,22,25,31H,15H2,1-5H3,(H,32,34). The highest BCUT2D eigenvalue weighted by Crippen LogP contribution is 2.42. The molecule has 2 aromatic rings. The molecule has 0 saturated heterocycles. The maximum atomic E-state index is 13.1. The van der Waals surface area contributed by atoms with Crippen LogP contribution in [-0.4, -0.2) is 36.0 Å². The van der Waals surface area contributed by atoms with Crippen molar-refractivity contribution in [2.24, 2.45) is 0 Å². The van der Waals surface area contributed by atoms with Crippen molar-refractivity contribution in [1.29, 1.82) is 0 Å². The molecular formula is C28H31F2N3O8. The number of nitro groups is 1. The number of carbonyl (C=O) groups is 2. The van der Waals surface area contributed by atoms with Gasteiger partial charge in [0, 0.05) is 5.56 Å². The zero-order valence-electron chi connectivity index (χ0n) is 23.1. The molecule has 0 aliphatic carbocycles. The molecule has 1 heterocycles. The summed E-state index contributed by atoms with van der Waals surface area (Å²) in [6.45, 7) is 4.45. The van der Waals surface area contributed by atoms with E-state index in [4.69, 9.17) is 14.2 Å². The topological polar surface area (TPSA) is 138 Å². The summed E-state index contributed by atoms with van der Waals surface area (Å²) in [5.74, 6) is -1.96. The number of hydrogen-bond acceptors (Lipinski definition) is 9. The molecule has 3 rings (SSSR count). The molecular weight excluding hydrogens is 544 g/mol. The van der Waals surface area contributed by atoms with Gasteiger partial charge in [0.25, 0.3) is 5.70 Å². The highest BCUT2D eigenvalue weighted by atomic mass is 19.3. The Labute approximate surface area is 235 Å². The van der Waals surface area contributed by atoms with Gasteiger partial charge < -0.3 is 29.6 Å². The number of amides is 1. The summed E-state index contributed by atoms with van der Waals surface area (Å²) in [5.41, 5.74) is -0.285. The van der Waals surface area contributed by atoms with E-state index in [1.807, 2.05) is 0 Å². The molecule has 1 amide bonds. The van der Waals surface area contributed by atoms with Crippen molar-refractivity contribution in [3.8, 4) is 5.75 Å². The normalized spacial score (nSPS) is 16.0. The second-order valence-electron chi connectivity index (χ2n) is 10.0. The molecule has 2 N–H and O–H groups in total. The van der Waals surface area contributed by atoms with E-state index in [9.17, 15) is 28.5 Å². The van der Waals surface area contributed by atoms with E-state index in [0.29, 0.717) is 5.56 Å². The van der Waals surface area contributed by atoms with Gasteiger partial charge in [0.15, 0.2) is 0 Å². The number of rotatable bonds is 9. The Morgan fingerprint density at radius 1 is 1.05 bits per heavy atom. The van der Waals surface area contributed by atoms with Gasteiger partial charge in [0.05, 0.1) is 22.4 Å². The summed E-state index contributed by atoms with van der Waals surface area (Å²) in [7, 11) is 0. The summed E-state index contributed by atoms with van der Waals surface area (Å²) in [5, 5.41) is 17.5. The number of para-hydroxylation sites is 1. The van der Waals surface area contributed by atoms with Gasteiger partial charge in [-0.2, -0.15) is 8.78 Å². The molecule has 220 valence electrons. The van der Waals surface area contributed by atoms with Crippen molar-refractivity contribution < 1.29 is 42.2 Å². The number of benzene rings is 2. The van der Waals surface area contributed by atoms with Crippen LogP contribution >= 0.6 is 0 Å². The quantitative estimate of drug-likeness (QED) is 0.205. The molecule has 1 aliphatic heterocycles. The second-order valence-corrected chi connectivity index (χ2v) is 10.0. The molecule has 2 aromatic carbocycles. The third-order valence-electron chi connectivity index (χ3n) is 5.76. The lowest BCUT2D eigenvalue weighted by molar-refractivity contribution is -0.431. The first-order valence-corrected chi connectivity index (χ1v) is 12.5. The zero-order valence-corrected chi connectivity index (χ0v) is 23.1. The average molecular weight is 576 g/mol. The fourth-order valence-electron chi connectivity index (χ4n) is 4.18. The van der Waals surface area contributed by atoms with Crippen LogP contribution < -0.4 is 15.4 Å². The molecule has 0 saturated carbocycles. The minimum Gasteiger partial charge on any atom is -0.444 e. The predicted molar refractivity (Wildman–Crippen MR) is 142 cm³/mol. The maximum absolute atomic E-state index is 13.1. The summed E-state index contributed by atoms with van der Waals surface area (Å²) in [6, 6.07) is 13.3. The molecule has 0 spiro atoms. The van der Waals surface area contributed by atoms with Crippen molar-refractivity contribution in [3.63, 3.8) is 0 Å². The van der Waals surface area contributed by atoms with Crippen LogP contribution in [0.3, 0.4) is 0 Å². The molecule has 41 heavy (non-hydrogen) atoms. The Bertz CT molecular complexity index is 1340. The Morgan fingerprint density at radius 3 is 2.29 bits per heavy atom. The van der Waals surface area contributed by atoms with Gasteiger partial charge >= 0.3 is 18.9 Å². The van der Waals surface area contributed by atoms with Crippen LogP contribution in [0.15, 0.2) is 77.4 Å². The predicted octanol–water partition coefficient (Wildman–Crippen LogP) is 6.13. The summed E-state index contributed by atoms with van der Waals surface area (Å²) in [6.07, 6.45) is -1.99. The van der Waals surface area contributed by atoms with E-state index in [2.05, 4.69) is 15.4 Å². The molecule has 0 radical (unpaired) electrons. The van der Waals surface area contributed by atoms with Crippen LogP contribution in [0.1, 0.15) is 57.7 Å². The average Bonchev–Trinajstić information content (AvgIpc) is 2.87. The highest BCUT2D eigenvalue weighted by molar-refractivity contribution is 5.68. The number of halogens is 2. The van der Waals surface area contributed by atoms with Crippen LogP contribution in [0, 0.1) is 10.1 Å². The Morgan fingerprint density at radius 2 is 1.68 bits per heavy atom. The number of ether oxygens (including phenoxy) is 4. The molecule has 2 atom stereocenters. The first-order valence-electron chi connectivity index (χ1n) is 12.5. The van der Waals surface area contributed by atoms with Gasteiger partial charge in [-0.15, -0.1) is 0 Å². The van der Waals surface area contributed by atoms with Crippen LogP contribution in [0.5, 0.6) is 5.75 Å². The van der Waals surface area contributed by atoms with Gasteiger partial charge in [-0.25, -0.2) is 9.59 Å². The van der Waals surface area contributed by atoms with Crippen molar-refractivity contribution >= 4 is 12.2 Å². The van der Waals surface area contributed by atoms with Crippen molar-refractivity contribution in [3.05, 3.63) is 98.7 Å². The van der Waals surface area contributed by atoms with Crippen molar-refractivity contribution in [2.45, 2.75) is 58.8 Å². The lowest BCUT2D eigenvalue weighted by Gasteiger charge is -2.28. The first-order chi connectivity index (χ1) is 19.3. The number of dihydropyridines is 1. The zero-order chi connectivity index (χ0) is 30.3. The lowest BCUT2D eigenvalue weighted by Crippen LogP contribution is -2.37. The number of nitrogens with zero attached hydrogens (tertiary/aromatic N) is 1. The number of nitrogens with one attached hydrogen (secondary N) is 2. The number of alkyl carbamates (subject to hydrolysis) is 1. The second kappa shape index (κ2) is 13.1. The van der Waals surface area contributed by atoms with Crippen LogP contribution in [0.25, 0.3) is 0 Å². The van der Waals surface area contributed by atoms with E-state index in [0.717, 1.165) is 0 Å². The van der Waals surface area contributed by atoms with Crippen molar-refractivity contribution in [1.82, 2.24) is 10.6 Å². The largest absolute Gasteiger partial charge is 0.513 e. The van der Waals surface area contributed by atoms with Crippen LogP contribution in [0.2, 0.25) is 0 Å². The molecule has 11 nitrogen and oxygen atoms in total. The van der Waals surface area contributed by atoms with Gasteiger partial charge in [-0.3, -0.25) is 10.1 Å². The van der Waals surface area contributed by atoms with Gasteiger partial charge in [-0.1, -0.05) is 48.5 Å². The van der Waals surface area contributed by atoms with E-state index >= 15 is 0 Å². The number of hydrogen-bond donors (Lipinski definition) is 2. The molecule has 0 bridgehead atoms. The summed E-state index contributed by atoms with van der Waals surface area (Å²) in [4.78, 5) is 36.7. The molecule has 13 heteroatoms. The third kappa shape index (κ3) is 8.40. The minimum atomic E-state index is -3.20. The smallest absolute Gasteiger partial charge is 0.444 e. The van der Waals surface area contributed by atoms with Crippen LogP contribution in [0.4, 0.5) is 18.4 Å². The maximum Gasteiger partial charge on any atom is 0.513 e. The van der Waals surface area contributed by atoms with Gasteiger partial charge in [-0.05, 0) is 46.2 Å². The molecule has 0 aromatic heterocycles.